The van der Waals surface area contributed by atoms with E-state index >= 15 is 0 Å². The zero-order valence-corrected chi connectivity index (χ0v) is 13.0. The number of hydrogen-bond acceptors (Lipinski definition) is 5. The summed E-state index contributed by atoms with van der Waals surface area (Å²) in [4.78, 5) is 15.9. The summed E-state index contributed by atoms with van der Waals surface area (Å²) in [5.74, 6) is 1.11. The maximum Gasteiger partial charge on any atom is 0.303 e. The first-order valence-corrected chi connectivity index (χ1v) is 7.44. The number of pyridine rings is 1. The second-order valence-electron chi connectivity index (χ2n) is 5.29. The molecular formula is C17H19NO4. The molecule has 1 heterocycles. The molecule has 0 radical (unpaired) electrons. The molecule has 3 rings (SSSR count). The molecule has 0 aliphatic heterocycles. The summed E-state index contributed by atoms with van der Waals surface area (Å²) >= 11 is 0. The van der Waals surface area contributed by atoms with E-state index in [9.17, 15) is 4.79 Å². The van der Waals surface area contributed by atoms with E-state index in [0.717, 1.165) is 35.0 Å². The Bertz CT molecular complexity index is 726. The Kier molecular flexibility index (Phi) is 3.88. The number of benzene rings is 1. The van der Waals surface area contributed by atoms with Gasteiger partial charge in [-0.2, -0.15) is 0 Å². The Labute approximate surface area is 129 Å². The quantitative estimate of drug-likeness (QED) is 0.812. The molecule has 0 bridgehead atoms. The van der Waals surface area contributed by atoms with Gasteiger partial charge in [-0.15, -0.1) is 0 Å². The van der Waals surface area contributed by atoms with Crippen molar-refractivity contribution >= 4 is 16.9 Å². The molecule has 1 atom stereocenters. The zero-order chi connectivity index (χ0) is 15.7. The smallest absolute Gasteiger partial charge is 0.303 e. The van der Waals surface area contributed by atoms with Gasteiger partial charge in [0.1, 0.15) is 6.10 Å². The average Bonchev–Trinajstić information content (AvgIpc) is 2.86. The van der Waals surface area contributed by atoms with Crippen molar-refractivity contribution in [3.05, 3.63) is 29.5 Å². The third kappa shape index (κ3) is 2.58. The fourth-order valence-electron chi connectivity index (χ4n) is 2.89. The van der Waals surface area contributed by atoms with E-state index in [2.05, 4.69) is 0 Å². The molecule has 2 aromatic rings. The minimum Gasteiger partial charge on any atom is -0.493 e. The Morgan fingerprint density at radius 1 is 1.32 bits per heavy atom. The van der Waals surface area contributed by atoms with Crippen LogP contribution in [0.2, 0.25) is 0 Å². The number of methoxy groups -OCH3 is 1. The fourth-order valence-corrected chi connectivity index (χ4v) is 2.89. The minimum absolute atomic E-state index is 0.193. The van der Waals surface area contributed by atoms with Crippen molar-refractivity contribution in [1.82, 2.24) is 4.98 Å². The van der Waals surface area contributed by atoms with Gasteiger partial charge in [-0.25, -0.2) is 0 Å². The van der Waals surface area contributed by atoms with Crippen LogP contribution in [0.4, 0.5) is 0 Å². The molecule has 22 heavy (non-hydrogen) atoms. The summed E-state index contributed by atoms with van der Waals surface area (Å²) in [6, 6.07) is 5.85. The maximum atomic E-state index is 11.2. The molecular weight excluding hydrogens is 282 g/mol. The third-order valence-corrected chi connectivity index (χ3v) is 3.81. The lowest BCUT2D eigenvalue weighted by Crippen LogP contribution is -2.05. The van der Waals surface area contributed by atoms with Crippen LogP contribution in [0.15, 0.2) is 18.2 Å². The summed E-state index contributed by atoms with van der Waals surface area (Å²) < 4.78 is 16.3. The Morgan fingerprint density at radius 3 is 2.82 bits per heavy atom. The lowest BCUT2D eigenvalue weighted by atomic mass is 10.1. The number of esters is 1. The van der Waals surface area contributed by atoms with E-state index in [-0.39, 0.29) is 12.1 Å². The number of ether oxygens (including phenoxy) is 3. The number of rotatable bonds is 4. The molecule has 116 valence electrons. The lowest BCUT2D eigenvalue weighted by Gasteiger charge is -2.14. The molecule has 1 unspecified atom stereocenters. The standard InChI is InChI=1S/C17H19NO4/c1-4-21-17-9-14-11(8-16(17)20-3)7-12-13(18-14)5-6-15(12)22-10(2)19/h7-9,15H,4-6H2,1-3H3. The number of fused-ring (bicyclic) bond motifs is 2. The van der Waals surface area contributed by atoms with Gasteiger partial charge < -0.3 is 14.2 Å². The van der Waals surface area contributed by atoms with E-state index in [4.69, 9.17) is 19.2 Å². The van der Waals surface area contributed by atoms with Gasteiger partial charge in [-0.1, -0.05) is 0 Å². The molecule has 1 aliphatic carbocycles. The van der Waals surface area contributed by atoms with Crippen LogP contribution in [-0.2, 0) is 16.0 Å². The van der Waals surface area contributed by atoms with Crippen molar-refractivity contribution in [2.24, 2.45) is 0 Å². The van der Waals surface area contributed by atoms with E-state index in [1.54, 1.807) is 7.11 Å². The van der Waals surface area contributed by atoms with Gasteiger partial charge in [-0.05, 0) is 31.9 Å². The van der Waals surface area contributed by atoms with Crippen LogP contribution < -0.4 is 9.47 Å². The maximum absolute atomic E-state index is 11.2. The van der Waals surface area contributed by atoms with E-state index < -0.39 is 0 Å². The second-order valence-corrected chi connectivity index (χ2v) is 5.29. The predicted molar refractivity (Wildman–Crippen MR) is 82.3 cm³/mol. The van der Waals surface area contributed by atoms with Crippen LogP contribution in [0, 0.1) is 0 Å². The average molecular weight is 301 g/mol. The van der Waals surface area contributed by atoms with Crippen molar-refractivity contribution in [3.8, 4) is 11.5 Å². The lowest BCUT2D eigenvalue weighted by molar-refractivity contribution is -0.146. The van der Waals surface area contributed by atoms with Crippen molar-refractivity contribution in [2.75, 3.05) is 13.7 Å². The van der Waals surface area contributed by atoms with Gasteiger partial charge in [-0.3, -0.25) is 9.78 Å². The highest BCUT2D eigenvalue weighted by Crippen LogP contribution is 2.38. The zero-order valence-electron chi connectivity index (χ0n) is 13.0. The molecule has 0 fully saturated rings. The first kappa shape index (κ1) is 14.6. The second kappa shape index (κ2) is 5.83. The van der Waals surface area contributed by atoms with Gasteiger partial charge in [0.05, 0.1) is 19.2 Å². The summed E-state index contributed by atoms with van der Waals surface area (Å²) in [6.45, 7) is 3.94. The van der Waals surface area contributed by atoms with E-state index in [1.165, 1.54) is 6.92 Å². The molecule has 5 nitrogen and oxygen atoms in total. The number of aryl methyl sites for hydroxylation is 1. The van der Waals surface area contributed by atoms with Crippen molar-refractivity contribution in [1.29, 1.82) is 0 Å². The number of carbonyl (C=O) groups excluding carboxylic acids is 1. The van der Waals surface area contributed by atoms with Gasteiger partial charge in [0, 0.05) is 29.6 Å². The number of nitrogens with zero attached hydrogens (tertiary/aromatic N) is 1. The molecule has 5 heteroatoms. The molecule has 0 saturated heterocycles. The molecule has 0 N–H and O–H groups in total. The number of carbonyl (C=O) groups is 1. The molecule has 0 saturated carbocycles. The summed E-state index contributed by atoms with van der Waals surface area (Å²) in [5, 5.41) is 0.957. The van der Waals surface area contributed by atoms with Gasteiger partial charge in [0.2, 0.25) is 0 Å². The first-order valence-electron chi connectivity index (χ1n) is 7.44. The van der Waals surface area contributed by atoms with Crippen molar-refractivity contribution in [2.45, 2.75) is 32.8 Å². The molecule has 1 aliphatic rings. The number of aromatic nitrogens is 1. The van der Waals surface area contributed by atoms with Gasteiger partial charge in [0.25, 0.3) is 0 Å². The van der Waals surface area contributed by atoms with Crippen LogP contribution in [0.5, 0.6) is 11.5 Å². The fraction of sp³-hybridized carbons (Fsp3) is 0.412. The highest BCUT2D eigenvalue weighted by atomic mass is 16.5. The van der Waals surface area contributed by atoms with Crippen LogP contribution >= 0.6 is 0 Å². The highest BCUT2D eigenvalue weighted by molar-refractivity contribution is 5.84. The summed E-state index contributed by atoms with van der Waals surface area (Å²) in [7, 11) is 1.62. The molecule has 0 amide bonds. The first-order chi connectivity index (χ1) is 10.6. The normalized spacial score (nSPS) is 16.4. The van der Waals surface area contributed by atoms with Crippen molar-refractivity contribution in [3.63, 3.8) is 0 Å². The molecule has 1 aromatic carbocycles. The summed E-state index contributed by atoms with van der Waals surface area (Å²) in [5.41, 5.74) is 2.85. The van der Waals surface area contributed by atoms with Gasteiger partial charge >= 0.3 is 5.97 Å². The number of hydrogen-bond donors (Lipinski definition) is 0. The highest BCUT2D eigenvalue weighted by Gasteiger charge is 2.27. The largest absolute Gasteiger partial charge is 0.493 e. The van der Waals surface area contributed by atoms with E-state index in [0.29, 0.717) is 18.1 Å². The molecule has 1 aromatic heterocycles. The monoisotopic (exact) mass is 301 g/mol. The Balaban J connectivity index is 2.07. The van der Waals surface area contributed by atoms with Crippen molar-refractivity contribution < 1.29 is 19.0 Å². The molecule has 0 spiro atoms. The Morgan fingerprint density at radius 2 is 2.14 bits per heavy atom. The van der Waals surface area contributed by atoms with Crippen LogP contribution in [0.1, 0.15) is 37.6 Å². The summed E-state index contributed by atoms with van der Waals surface area (Å²) in [6.07, 6.45) is 1.41. The topological polar surface area (TPSA) is 57.6 Å². The van der Waals surface area contributed by atoms with Crippen LogP contribution in [0.25, 0.3) is 10.9 Å². The van der Waals surface area contributed by atoms with Crippen LogP contribution in [0.3, 0.4) is 0 Å². The third-order valence-electron chi connectivity index (χ3n) is 3.81. The van der Waals surface area contributed by atoms with E-state index in [1.807, 2.05) is 25.1 Å². The van der Waals surface area contributed by atoms with Gasteiger partial charge in [0.15, 0.2) is 11.5 Å². The minimum atomic E-state index is -0.262. The SMILES string of the molecule is CCOc1cc2nc3c(cc2cc1OC)C(OC(C)=O)CC3. The van der Waals surface area contributed by atoms with Crippen LogP contribution in [-0.4, -0.2) is 24.7 Å². The predicted octanol–water partition coefficient (Wildman–Crippen LogP) is 3.19. The Hall–Kier alpha value is -2.30.